The fourth-order valence-electron chi connectivity index (χ4n) is 1.78. The molecule has 0 aliphatic heterocycles. The van der Waals surface area contributed by atoms with Gasteiger partial charge in [0.15, 0.2) is 0 Å². The lowest BCUT2D eigenvalue weighted by atomic mass is 9.94. The van der Waals surface area contributed by atoms with Crippen LogP contribution in [0.25, 0.3) is 0 Å². The van der Waals surface area contributed by atoms with Gasteiger partial charge in [-0.1, -0.05) is 52.5 Å². The van der Waals surface area contributed by atoms with Gasteiger partial charge in [-0.15, -0.1) is 0 Å². The molecule has 2 nitrogen and oxygen atoms in total. The molecule has 1 radical (unpaired) electrons. The number of hydrogen-bond acceptors (Lipinski definition) is 2. The number of carbonyl (C=O) groups excluding carboxylic acids is 1. The first-order valence-corrected chi connectivity index (χ1v) is 6.73. The lowest BCUT2D eigenvalue weighted by Crippen LogP contribution is -2.08. The second-order valence-corrected chi connectivity index (χ2v) is 4.71. The van der Waals surface area contributed by atoms with Gasteiger partial charge in [0.25, 0.3) is 0 Å². The Labute approximate surface area is 106 Å². The Bertz CT molecular complexity index is 221. The molecule has 0 amide bonds. The third-order valence-corrected chi connectivity index (χ3v) is 2.96. The summed E-state index contributed by atoms with van der Waals surface area (Å²) < 4.78 is 5.07. The van der Waals surface area contributed by atoms with Gasteiger partial charge in [-0.2, -0.15) is 0 Å². The molecule has 0 rings (SSSR count). The zero-order chi connectivity index (χ0) is 13.1. The quantitative estimate of drug-likeness (QED) is 0.322. The van der Waals surface area contributed by atoms with Crippen molar-refractivity contribution in [3.63, 3.8) is 0 Å². The Balaban J connectivity index is 3.55. The van der Waals surface area contributed by atoms with E-state index in [0.717, 1.165) is 19.3 Å². The highest BCUT2D eigenvalue weighted by Crippen LogP contribution is 2.18. The molecule has 0 saturated heterocycles. The molecule has 1 unspecified atom stereocenters. The van der Waals surface area contributed by atoms with E-state index in [1.165, 1.54) is 25.7 Å². The van der Waals surface area contributed by atoms with Crippen LogP contribution in [-0.4, -0.2) is 12.6 Å². The van der Waals surface area contributed by atoms with E-state index in [9.17, 15) is 4.79 Å². The van der Waals surface area contributed by atoms with Crippen LogP contribution < -0.4 is 0 Å². The van der Waals surface area contributed by atoms with Gasteiger partial charge in [-0.25, -0.2) is 4.79 Å². The van der Waals surface area contributed by atoms with Crippen molar-refractivity contribution in [2.24, 2.45) is 5.92 Å². The van der Waals surface area contributed by atoms with Gasteiger partial charge in [0.2, 0.25) is 0 Å². The number of hydrogen-bond donors (Lipinski definition) is 0. The summed E-state index contributed by atoms with van der Waals surface area (Å²) in [6.07, 6.45) is 8.15. The molecule has 0 aromatic heterocycles. The summed E-state index contributed by atoms with van der Waals surface area (Å²) in [4.78, 5) is 11.1. The number of ether oxygens (including phenoxy) is 1. The molecule has 2 heteroatoms. The SMILES string of the molecule is [CH2]CC(CCCCC)CCCOC(=O)C(=C)C. The molecule has 0 saturated carbocycles. The van der Waals surface area contributed by atoms with Crippen LogP contribution in [0.1, 0.15) is 58.8 Å². The van der Waals surface area contributed by atoms with Gasteiger partial charge in [0.05, 0.1) is 6.61 Å². The van der Waals surface area contributed by atoms with E-state index in [1.54, 1.807) is 6.92 Å². The van der Waals surface area contributed by atoms with Gasteiger partial charge in [0, 0.05) is 5.57 Å². The average Bonchev–Trinajstić information content (AvgIpc) is 2.31. The van der Waals surface area contributed by atoms with Gasteiger partial charge < -0.3 is 4.74 Å². The summed E-state index contributed by atoms with van der Waals surface area (Å²) in [6.45, 7) is 11.9. The second kappa shape index (κ2) is 10.4. The van der Waals surface area contributed by atoms with Crippen molar-refractivity contribution < 1.29 is 9.53 Å². The predicted molar refractivity (Wildman–Crippen MR) is 72.6 cm³/mol. The molecule has 99 valence electrons. The van der Waals surface area contributed by atoms with Crippen molar-refractivity contribution in [2.75, 3.05) is 6.61 Å². The Kier molecular flexibility index (Phi) is 9.89. The van der Waals surface area contributed by atoms with Crippen LogP contribution in [-0.2, 0) is 9.53 Å². The van der Waals surface area contributed by atoms with Gasteiger partial charge in [-0.05, 0) is 25.7 Å². The number of carbonyl (C=O) groups is 1. The zero-order valence-electron chi connectivity index (χ0n) is 11.5. The summed E-state index contributed by atoms with van der Waals surface area (Å²) in [5, 5.41) is 0. The van der Waals surface area contributed by atoms with Crippen LogP contribution in [0, 0.1) is 12.8 Å². The van der Waals surface area contributed by atoms with E-state index in [2.05, 4.69) is 20.4 Å². The fraction of sp³-hybridized carbons (Fsp3) is 0.733. The molecule has 1 atom stereocenters. The lowest BCUT2D eigenvalue weighted by Gasteiger charge is -2.14. The first kappa shape index (κ1) is 16.2. The van der Waals surface area contributed by atoms with Crippen LogP contribution in [0.2, 0.25) is 0 Å². The molecule has 0 N–H and O–H groups in total. The first-order chi connectivity index (χ1) is 8.11. The lowest BCUT2D eigenvalue weighted by molar-refractivity contribution is -0.139. The molecule has 0 fully saturated rings. The van der Waals surface area contributed by atoms with Crippen LogP contribution in [0.5, 0.6) is 0 Å². The summed E-state index contributed by atoms with van der Waals surface area (Å²) in [5.41, 5.74) is 0.474. The molecular weight excluding hydrogens is 212 g/mol. The Morgan fingerprint density at radius 3 is 2.41 bits per heavy atom. The van der Waals surface area contributed by atoms with E-state index in [-0.39, 0.29) is 5.97 Å². The maximum Gasteiger partial charge on any atom is 0.333 e. The largest absolute Gasteiger partial charge is 0.462 e. The minimum absolute atomic E-state index is 0.276. The third kappa shape index (κ3) is 8.96. The molecule has 0 heterocycles. The van der Waals surface area contributed by atoms with Crippen molar-refractivity contribution in [2.45, 2.75) is 58.8 Å². The minimum Gasteiger partial charge on any atom is -0.462 e. The van der Waals surface area contributed by atoms with Crippen LogP contribution in [0.15, 0.2) is 12.2 Å². The molecule has 0 aliphatic carbocycles. The highest BCUT2D eigenvalue weighted by molar-refractivity contribution is 5.86. The monoisotopic (exact) mass is 239 g/mol. The highest BCUT2D eigenvalue weighted by Gasteiger charge is 2.07. The van der Waals surface area contributed by atoms with Gasteiger partial charge in [-0.3, -0.25) is 0 Å². The normalized spacial score (nSPS) is 12.2. The maximum absolute atomic E-state index is 11.1. The Hall–Kier alpha value is -0.790. The second-order valence-electron chi connectivity index (χ2n) is 4.71. The van der Waals surface area contributed by atoms with E-state index in [4.69, 9.17) is 4.74 Å². The molecular formula is C15H27O2. The number of rotatable bonds is 10. The standard InChI is InChI=1S/C15H27O2/c1-5-7-8-10-14(6-2)11-9-12-17-15(16)13(3)4/h14H,2-3,5-12H2,1,4H3. The highest BCUT2D eigenvalue weighted by atomic mass is 16.5. The molecule has 0 aromatic carbocycles. The van der Waals surface area contributed by atoms with E-state index in [1.807, 2.05) is 0 Å². The Morgan fingerprint density at radius 2 is 1.88 bits per heavy atom. The number of unbranched alkanes of at least 4 members (excludes halogenated alkanes) is 2. The van der Waals surface area contributed by atoms with Crippen molar-refractivity contribution in [1.29, 1.82) is 0 Å². The van der Waals surface area contributed by atoms with Gasteiger partial charge in [0.1, 0.15) is 0 Å². The van der Waals surface area contributed by atoms with Gasteiger partial charge >= 0.3 is 5.97 Å². The van der Waals surface area contributed by atoms with Crippen molar-refractivity contribution in [3.8, 4) is 0 Å². The maximum atomic E-state index is 11.1. The smallest absolute Gasteiger partial charge is 0.333 e. The van der Waals surface area contributed by atoms with E-state index in [0.29, 0.717) is 18.1 Å². The summed E-state index contributed by atoms with van der Waals surface area (Å²) >= 11 is 0. The van der Waals surface area contributed by atoms with Crippen LogP contribution in [0.3, 0.4) is 0 Å². The van der Waals surface area contributed by atoms with Crippen molar-refractivity contribution >= 4 is 5.97 Å². The molecule has 0 aromatic rings. The Morgan fingerprint density at radius 1 is 1.24 bits per heavy atom. The average molecular weight is 239 g/mol. The number of esters is 1. The van der Waals surface area contributed by atoms with E-state index >= 15 is 0 Å². The van der Waals surface area contributed by atoms with Crippen molar-refractivity contribution in [3.05, 3.63) is 19.1 Å². The summed E-state index contributed by atoms with van der Waals surface area (Å²) in [5.74, 6) is 0.409. The zero-order valence-corrected chi connectivity index (χ0v) is 11.5. The molecule has 0 bridgehead atoms. The third-order valence-electron chi connectivity index (χ3n) is 2.96. The van der Waals surface area contributed by atoms with Crippen LogP contribution >= 0.6 is 0 Å². The predicted octanol–water partition coefficient (Wildman–Crippen LogP) is 4.31. The fourth-order valence-corrected chi connectivity index (χ4v) is 1.78. The summed E-state index contributed by atoms with van der Waals surface area (Å²) in [7, 11) is 0. The summed E-state index contributed by atoms with van der Waals surface area (Å²) in [6, 6.07) is 0. The minimum atomic E-state index is -0.276. The van der Waals surface area contributed by atoms with E-state index < -0.39 is 0 Å². The molecule has 0 aliphatic rings. The molecule has 0 spiro atoms. The van der Waals surface area contributed by atoms with Crippen molar-refractivity contribution in [1.82, 2.24) is 0 Å². The molecule has 17 heavy (non-hydrogen) atoms. The topological polar surface area (TPSA) is 26.3 Å². The first-order valence-electron chi connectivity index (χ1n) is 6.73. The van der Waals surface area contributed by atoms with Crippen LogP contribution in [0.4, 0.5) is 0 Å².